The molecule has 2 fully saturated rings. The van der Waals surface area contributed by atoms with Crippen molar-refractivity contribution in [3.05, 3.63) is 0 Å². The lowest BCUT2D eigenvalue weighted by Gasteiger charge is -2.31. The molecule has 0 spiro atoms. The van der Waals surface area contributed by atoms with Crippen molar-refractivity contribution in [1.82, 2.24) is 5.32 Å². The molecule has 1 saturated heterocycles. The van der Waals surface area contributed by atoms with Crippen LogP contribution in [0.15, 0.2) is 0 Å². The van der Waals surface area contributed by atoms with Crippen LogP contribution in [0.25, 0.3) is 0 Å². The zero-order valence-corrected chi connectivity index (χ0v) is 11.0. The van der Waals surface area contributed by atoms with E-state index in [0.29, 0.717) is 24.2 Å². The molecule has 0 aromatic heterocycles. The lowest BCUT2D eigenvalue weighted by atomic mass is 9.85. The topological polar surface area (TPSA) is 21.3 Å². The summed E-state index contributed by atoms with van der Waals surface area (Å²) in [6, 6.07) is 0.630. The maximum atomic E-state index is 6.02. The molecule has 1 aliphatic carbocycles. The molecule has 0 aromatic carbocycles. The maximum Gasteiger partial charge on any atom is 0.0704 e. The highest BCUT2D eigenvalue weighted by molar-refractivity contribution is 6.18. The Labute approximate surface area is 104 Å². The minimum Gasteiger partial charge on any atom is -0.374 e. The van der Waals surface area contributed by atoms with Crippen molar-refractivity contribution < 1.29 is 4.74 Å². The standard InChI is InChI=1S/C13H24ClNO/c1-10-6-7-12(16-10)9-15-13-5-3-2-4-11(13)8-14/h10-13,15H,2-9H2,1H3. The second kappa shape index (κ2) is 6.23. The Kier molecular flexibility index (Phi) is 4.93. The highest BCUT2D eigenvalue weighted by Crippen LogP contribution is 2.26. The summed E-state index contributed by atoms with van der Waals surface area (Å²) in [5.74, 6) is 1.48. The van der Waals surface area contributed by atoms with E-state index < -0.39 is 0 Å². The largest absolute Gasteiger partial charge is 0.374 e. The van der Waals surface area contributed by atoms with Crippen LogP contribution in [0.5, 0.6) is 0 Å². The predicted molar refractivity (Wildman–Crippen MR) is 68.0 cm³/mol. The summed E-state index contributed by atoms with van der Waals surface area (Å²) in [5, 5.41) is 3.68. The molecule has 1 N–H and O–H groups in total. The predicted octanol–water partition coefficient (Wildman–Crippen LogP) is 2.94. The molecule has 1 heterocycles. The van der Waals surface area contributed by atoms with Crippen molar-refractivity contribution in [1.29, 1.82) is 0 Å². The number of alkyl halides is 1. The molecule has 2 aliphatic rings. The monoisotopic (exact) mass is 245 g/mol. The zero-order valence-electron chi connectivity index (χ0n) is 10.3. The van der Waals surface area contributed by atoms with E-state index in [0.717, 1.165) is 12.4 Å². The SMILES string of the molecule is CC1CCC(CNC2CCCCC2CCl)O1. The van der Waals surface area contributed by atoms with Crippen LogP contribution in [0, 0.1) is 5.92 Å². The van der Waals surface area contributed by atoms with E-state index in [1.165, 1.54) is 38.5 Å². The molecule has 2 nitrogen and oxygen atoms in total. The summed E-state index contributed by atoms with van der Waals surface area (Å²) < 4.78 is 5.83. The fourth-order valence-corrected chi connectivity index (χ4v) is 3.35. The summed E-state index contributed by atoms with van der Waals surface area (Å²) in [6.07, 6.45) is 8.62. The fourth-order valence-electron chi connectivity index (χ4n) is 2.98. The zero-order chi connectivity index (χ0) is 11.4. The molecule has 1 saturated carbocycles. The van der Waals surface area contributed by atoms with Crippen LogP contribution in [0.1, 0.15) is 45.4 Å². The summed E-state index contributed by atoms with van der Waals surface area (Å²) in [7, 11) is 0. The van der Waals surface area contributed by atoms with Crippen LogP contribution in [-0.2, 0) is 4.74 Å². The van der Waals surface area contributed by atoms with Gasteiger partial charge in [0.1, 0.15) is 0 Å². The smallest absolute Gasteiger partial charge is 0.0704 e. The van der Waals surface area contributed by atoms with Crippen molar-refractivity contribution in [2.24, 2.45) is 5.92 Å². The maximum absolute atomic E-state index is 6.02. The van der Waals surface area contributed by atoms with Gasteiger partial charge in [0.05, 0.1) is 12.2 Å². The van der Waals surface area contributed by atoms with E-state index in [2.05, 4.69) is 12.2 Å². The first-order chi connectivity index (χ1) is 7.79. The third kappa shape index (κ3) is 3.35. The molecule has 16 heavy (non-hydrogen) atoms. The van der Waals surface area contributed by atoms with Crippen molar-refractivity contribution in [2.45, 2.75) is 63.7 Å². The van der Waals surface area contributed by atoms with Crippen LogP contribution in [0.4, 0.5) is 0 Å². The molecule has 4 unspecified atom stereocenters. The normalized spacial score (nSPS) is 40.1. The van der Waals surface area contributed by atoms with Gasteiger partial charge in [-0.25, -0.2) is 0 Å². The molecule has 2 rings (SSSR count). The van der Waals surface area contributed by atoms with Crippen LogP contribution in [-0.4, -0.2) is 30.7 Å². The van der Waals surface area contributed by atoms with E-state index in [-0.39, 0.29) is 0 Å². The number of ether oxygens (including phenoxy) is 1. The first-order valence-electron chi connectivity index (χ1n) is 6.74. The van der Waals surface area contributed by atoms with Crippen molar-refractivity contribution in [3.8, 4) is 0 Å². The van der Waals surface area contributed by atoms with Gasteiger partial charge in [-0.3, -0.25) is 0 Å². The van der Waals surface area contributed by atoms with Gasteiger partial charge in [0.15, 0.2) is 0 Å². The number of rotatable bonds is 4. The number of halogens is 1. The van der Waals surface area contributed by atoms with Gasteiger partial charge in [0.2, 0.25) is 0 Å². The Hall–Kier alpha value is 0.210. The van der Waals surface area contributed by atoms with E-state index >= 15 is 0 Å². The Morgan fingerprint density at radius 1 is 1.19 bits per heavy atom. The van der Waals surface area contributed by atoms with Crippen molar-refractivity contribution in [2.75, 3.05) is 12.4 Å². The number of hydrogen-bond acceptors (Lipinski definition) is 2. The highest BCUT2D eigenvalue weighted by atomic mass is 35.5. The molecule has 3 heteroatoms. The van der Waals surface area contributed by atoms with Crippen molar-refractivity contribution in [3.63, 3.8) is 0 Å². The number of nitrogens with one attached hydrogen (secondary N) is 1. The summed E-state index contributed by atoms with van der Waals surface area (Å²) in [5.41, 5.74) is 0. The average molecular weight is 246 g/mol. The molecule has 0 aromatic rings. The summed E-state index contributed by atoms with van der Waals surface area (Å²) in [4.78, 5) is 0. The van der Waals surface area contributed by atoms with E-state index in [9.17, 15) is 0 Å². The molecule has 1 aliphatic heterocycles. The second-order valence-electron chi connectivity index (χ2n) is 5.36. The van der Waals surface area contributed by atoms with Gasteiger partial charge in [-0.1, -0.05) is 12.8 Å². The Morgan fingerprint density at radius 2 is 2.00 bits per heavy atom. The van der Waals surface area contributed by atoms with Gasteiger partial charge in [-0.05, 0) is 38.5 Å². The van der Waals surface area contributed by atoms with Gasteiger partial charge >= 0.3 is 0 Å². The Morgan fingerprint density at radius 3 is 2.69 bits per heavy atom. The van der Waals surface area contributed by atoms with Gasteiger partial charge in [-0.15, -0.1) is 11.6 Å². The molecule has 94 valence electrons. The lowest BCUT2D eigenvalue weighted by Crippen LogP contribution is -2.42. The first-order valence-corrected chi connectivity index (χ1v) is 7.28. The second-order valence-corrected chi connectivity index (χ2v) is 5.67. The molecular weight excluding hydrogens is 222 g/mol. The van der Waals surface area contributed by atoms with Gasteiger partial charge < -0.3 is 10.1 Å². The van der Waals surface area contributed by atoms with Crippen LogP contribution in [0.3, 0.4) is 0 Å². The molecule has 4 atom stereocenters. The summed E-state index contributed by atoms with van der Waals surface area (Å²) in [6.45, 7) is 3.19. The van der Waals surface area contributed by atoms with Gasteiger partial charge in [0, 0.05) is 18.5 Å². The third-order valence-electron chi connectivity index (χ3n) is 4.03. The van der Waals surface area contributed by atoms with E-state index in [4.69, 9.17) is 16.3 Å². The molecule has 0 amide bonds. The van der Waals surface area contributed by atoms with Crippen LogP contribution < -0.4 is 5.32 Å². The first kappa shape index (κ1) is 12.7. The quantitative estimate of drug-likeness (QED) is 0.769. The van der Waals surface area contributed by atoms with Crippen LogP contribution >= 0.6 is 11.6 Å². The minimum atomic E-state index is 0.438. The van der Waals surface area contributed by atoms with Crippen molar-refractivity contribution >= 4 is 11.6 Å². The molecule has 0 bridgehead atoms. The van der Waals surface area contributed by atoms with Crippen LogP contribution in [0.2, 0.25) is 0 Å². The van der Waals surface area contributed by atoms with E-state index in [1.54, 1.807) is 0 Å². The average Bonchev–Trinajstić information content (AvgIpc) is 2.73. The van der Waals surface area contributed by atoms with Gasteiger partial charge in [0.25, 0.3) is 0 Å². The fraction of sp³-hybridized carbons (Fsp3) is 1.00. The molecular formula is C13H24ClNO. The third-order valence-corrected chi connectivity index (χ3v) is 4.43. The number of hydrogen-bond donors (Lipinski definition) is 1. The Balaban J connectivity index is 1.71. The lowest BCUT2D eigenvalue weighted by molar-refractivity contribution is 0.0520. The Bertz CT molecular complexity index is 212. The highest BCUT2D eigenvalue weighted by Gasteiger charge is 2.26. The summed E-state index contributed by atoms with van der Waals surface area (Å²) >= 11 is 6.02. The molecule has 0 radical (unpaired) electrons. The van der Waals surface area contributed by atoms with Gasteiger partial charge in [-0.2, -0.15) is 0 Å². The minimum absolute atomic E-state index is 0.438. The van der Waals surface area contributed by atoms with E-state index in [1.807, 2.05) is 0 Å².